The molecule has 30 heavy (non-hydrogen) atoms. The largest absolute Gasteiger partial charge is 0.476 e. The molecule has 1 aromatic carbocycles. The molecule has 160 valence electrons. The number of rotatable bonds is 10. The number of aromatic nitrogens is 1. The van der Waals surface area contributed by atoms with E-state index in [0.717, 1.165) is 34.9 Å². The third kappa shape index (κ3) is 6.20. The SMILES string of the molecule is C=CCCc1cccc(/C=C/[C@@H]2[C@@H](CCSc3nc(C(=O)O)cs3)[C@H](Cl)C[C@H]2O)c1. The fourth-order valence-electron chi connectivity index (χ4n) is 3.78. The van der Waals surface area contributed by atoms with E-state index in [2.05, 4.69) is 48.0 Å². The van der Waals surface area contributed by atoms with Crippen molar-refractivity contribution < 1.29 is 15.0 Å². The number of carbonyl (C=O) groups is 1. The Kier molecular flexibility index (Phi) is 8.57. The van der Waals surface area contributed by atoms with Crippen molar-refractivity contribution in [2.45, 2.75) is 41.5 Å². The first-order valence-corrected chi connectivity index (χ1v) is 12.3. The van der Waals surface area contributed by atoms with E-state index in [4.69, 9.17) is 16.7 Å². The van der Waals surface area contributed by atoms with Gasteiger partial charge in [-0.1, -0.05) is 54.3 Å². The second-order valence-corrected chi connectivity index (χ2v) is 10.2. The molecule has 1 aromatic heterocycles. The average molecular weight is 464 g/mol. The monoisotopic (exact) mass is 463 g/mol. The van der Waals surface area contributed by atoms with Crippen LogP contribution in [0.25, 0.3) is 6.08 Å². The van der Waals surface area contributed by atoms with Gasteiger partial charge in [0.25, 0.3) is 0 Å². The first-order valence-electron chi connectivity index (χ1n) is 9.99. The maximum Gasteiger partial charge on any atom is 0.355 e. The summed E-state index contributed by atoms with van der Waals surface area (Å²) < 4.78 is 0.750. The van der Waals surface area contributed by atoms with Crippen LogP contribution in [-0.2, 0) is 6.42 Å². The van der Waals surface area contributed by atoms with Crippen LogP contribution in [0, 0.1) is 11.8 Å². The van der Waals surface area contributed by atoms with Gasteiger partial charge in [0.2, 0.25) is 0 Å². The molecular formula is C23H26ClNO3S2. The minimum atomic E-state index is -1.00. The number of carboxylic acids is 1. The highest BCUT2D eigenvalue weighted by molar-refractivity contribution is 8.01. The number of aromatic carboxylic acids is 1. The highest BCUT2D eigenvalue weighted by atomic mass is 35.5. The number of thiazole rings is 1. The molecule has 0 bridgehead atoms. The third-order valence-electron chi connectivity index (χ3n) is 5.35. The Morgan fingerprint density at radius 1 is 1.43 bits per heavy atom. The molecule has 0 aliphatic heterocycles. The van der Waals surface area contributed by atoms with Crippen LogP contribution in [0.3, 0.4) is 0 Å². The molecule has 2 N–H and O–H groups in total. The quantitative estimate of drug-likeness (QED) is 0.266. The highest BCUT2D eigenvalue weighted by Gasteiger charge is 2.39. The summed E-state index contributed by atoms with van der Waals surface area (Å²) in [6.07, 6.45) is 9.02. The van der Waals surface area contributed by atoms with E-state index in [-0.39, 0.29) is 22.9 Å². The van der Waals surface area contributed by atoms with Crippen LogP contribution in [0.15, 0.2) is 52.7 Å². The van der Waals surface area contributed by atoms with Crippen molar-refractivity contribution in [3.8, 4) is 0 Å². The normalized spacial score (nSPS) is 23.8. The standard InChI is InChI=1S/C23H26ClNO3S2/c1-2-3-5-15-6-4-7-16(12-15)8-9-18-17(19(24)13-21(18)26)10-11-29-23-25-20(14-30-23)22(27)28/h2,4,6-9,12,14,17-19,21,26H,1,3,5,10-11,13H2,(H,27,28)/b9-8+/t17-,18-,19-,21-/m1/s1. The maximum absolute atomic E-state index is 11.0. The number of halogens is 1. The Morgan fingerprint density at radius 3 is 3.00 bits per heavy atom. The molecule has 3 rings (SSSR count). The number of aliphatic hydroxyl groups is 1. The zero-order valence-electron chi connectivity index (χ0n) is 16.6. The first-order chi connectivity index (χ1) is 14.5. The predicted octanol–water partition coefficient (Wildman–Crippen LogP) is 5.76. The van der Waals surface area contributed by atoms with Crippen LogP contribution in [-0.4, -0.2) is 38.4 Å². The van der Waals surface area contributed by atoms with Crippen molar-refractivity contribution in [1.29, 1.82) is 0 Å². The summed E-state index contributed by atoms with van der Waals surface area (Å²) in [7, 11) is 0. The van der Waals surface area contributed by atoms with E-state index in [1.165, 1.54) is 16.9 Å². The number of thioether (sulfide) groups is 1. The maximum atomic E-state index is 11.0. The van der Waals surface area contributed by atoms with Gasteiger partial charge in [0.15, 0.2) is 10.0 Å². The van der Waals surface area contributed by atoms with Gasteiger partial charge in [-0.2, -0.15) is 0 Å². The molecule has 1 saturated carbocycles. The van der Waals surface area contributed by atoms with Gasteiger partial charge in [-0.15, -0.1) is 29.5 Å². The molecule has 0 spiro atoms. The Morgan fingerprint density at radius 2 is 2.27 bits per heavy atom. The van der Waals surface area contributed by atoms with E-state index in [1.54, 1.807) is 17.1 Å². The molecule has 0 amide bonds. The molecule has 4 atom stereocenters. The Labute approximate surface area is 190 Å². The van der Waals surface area contributed by atoms with Crippen LogP contribution in [0.4, 0.5) is 0 Å². The summed E-state index contributed by atoms with van der Waals surface area (Å²) in [4.78, 5) is 15.1. The van der Waals surface area contributed by atoms with Crippen molar-refractivity contribution in [2.24, 2.45) is 11.8 Å². The number of aryl methyl sites for hydroxylation is 1. The minimum absolute atomic E-state index is 0.0100. The van der Waals surface area contributed by atoms with Crippen molar-refractivity contribution in [3.05, 3.63) is 65.2 Å². The minimum Gasteiger partial charge on any atom is -0.476 e. The Balaban J connectivity index is 1.60. The molecule has 0 saturated heterocycles. The summed E-state index contributed by atoms with van der Waals surface area (Å²) in [5.41, 5.74) is 2.49. The van der Waals surface area contributed by atoms with Crippen LogP contribution < -0.4 is 0 Å². The second-order valence-electron chi connectivity index (χ2n) is 7.43. The fourth-order valence-corrected chi connectivity index (χ4v) is 6.17. The predicted molar refractivity (Wildman–Crippen MR) is 126 cm³/mol. The lowest BCUT2D eigenvalue weighted by Crippen LogP contribution is -2.19. The zero-order valence-corrected chi connectivity index (χ0v) is 19.0. The number of alkyl halides is 1. The molecule has 4 nitrogen and oxygen atoms in total. The summed E-state index contributed by atoms with van der Waals surface area (Å²) >= 11 is 9.45. The lowest BCUT2D eigenvalue weighted by atomic mass is 9.91. The van der Waals surface area contributed by atoms with Crippen molar-refractivity contribution in [1.82, 2.24) is 4.98 Å². The van der Waals surface area contributed by atoms with Gasteiger partial charge >= 0.3 is 5.97 Å². The van der Waals surface area contributed by atoms with Crippen LogP contribution in [0.1, 0.15) is 40.9 Å². The number of carboxylic acid groups (broad SMARTS) is 1. The third-order valence-corrected chi connectivity index (χ3v) is 7.90. The summed E-state index contributed by atoms with van der Waals surface area (Å²) in [6.45, 7) is 3.78. The zero-order chi connectivity index (χ0) is 21.5. The Bertz CT molecular complexity index is 898. The summed E-state index contributed by atoms with van der Waals surface area (Å²) in [5.74, 6) is -0.0325. The van der Waals surface area contributed by atoms with Crippen molar-refractivity contribution >= 4 is 46.7 Å². The number of hydrogen-bond donors (Lipinski definition) is 2. The lowest BCUT2D eigenvalue weighted by molar-refractivity contribution is 0.0691. The van der Waals surface area contributed by atoms with Gasteiger partial charge < -0.3 is 10.2 Å². The van der Waals surface area contributed by atoms with E-state index in [0.29, 0.717) is 6.42 Å². The molecule has 1 fully saturated rings. The number of aliphatic hydroxyl groups excluding tert-OH is 1. The van der Waals surface area contributed by atoms with Gasteiger partial charge in [-0.05, 0) is 42.7 Å². The van der Waals surface area contributed by atoms with Gasteiger partial charge in [0, 0.05) is 22.4 Å². The topological polar surface area (TPSA) is 70.4 Å². The van der Waals surface area contributed by atoms with Gasteiger partial charge in [-0.3, -0.25) is 0 Å². The molecule has 2 aromatic rings. The number of allylic oxidation sites excluding steroid dienone is 1. The lowest BCUT2D eigenvalue weighted by Gasteiger charge is -2.20. The van der Waals surface area contributed by atoms with E-state index in [1.807, 2.05) is 6.08 Å². The van der Waals surface area contributed by atoms with Gasteiger partial charge in [0.1, 0.15) is 0 Å². The average Bonchev–Trinajstić information content (AvgIpc) is 3.30. The second kappa shape index (κ2) is 11.1. The molecule has 0 unspecified atom stereocenters. The number of hydrogen-bond acceptors (Lipinski definition) is 5. The molecule has 7 heteroatoms. The van der Waals surface area contributed by atoms with Crippen LogP contribution in [0.5, 0.6) is 0 Å². The van der Waals surface area contributed by atoms with Crippen LogP contribution in [0.2, 0.25) is 0 Å². The fraction of sp³-hybridized carbons (Fsp3) is 0.391. The first kappa shape index (κ1) is 23.1. The van der Waals surface area contributed by atoms with Crippen LogP contribution >= 0.6 is 34.7 Å². The molecular weight excluding hydrogens is 438 g/mol. The molecule has 1 heterocycles. The summed E-state index contributed by atoms with van der Waals surface area (Å²) in [6, 6.07) is 8.42. The number of benzene rings is 1. The van der Waals surface area contributed by atoms with Gasteiger partial charge in [0.05, 0.1) is 6.10 Å². The van der Waals surface area contributed by atoms with Crippen molar-refractivity contribution in [3.63, 3.8) is 0 Å². The number of nitrogens with zero attached hydrogens (tertiary/aromatic N) is 1. The molecule has 1 aliphatic rings. The molecule has 1 aliphatic carbocycles. The van der Waals surface area contributed by atoms with E-state index < -0.39 is 12.1 Å². The van der Waals surface area contributed by atoms with Gasteiger partial charge in [-0.25, -0.2) is 9.78 Å². The smallest absolute Gasteiger partial charge is 0.355 e. The Hall–Kier alpha value is -1.60. The summed E-state index contributed by atoms with van der Waals surface area (Å²) in [5, 5.41) is 21.0. The molecule has 0 radical (unpaired) electrons. The van der Waals surface area contributed by atoms with Crippen molar-refractivity contribution in [2.75, 3.05) is 5.75 Å². The van der Waals surface area contributed by atoms with E-state index >= 15 is 0 Å². The van der Waals surface area contributed by atoms with E-state index in [9.17, 15) is 9.90 Å². The highest BCUT2D eigenvalue weighted by Crippen LogP contribution is 2.40.